The number of halogens is 2. The molecule has 1 atom stereocenters. The Morgan fingerprint density at radius 2 is 1.94 bits per heavy atom. The second-order valence-corrected chi connectivity index (χ2v) is 10.1. The van der Waals surface area contributed by atoms with E-state index in [-0.39, 0.29) is 54.6 Å². The van der Waals surface area contributed by atoms with Gasteiger partial charge in [-0.1, -0.05) is 36.4 Å². The maximum Gasteiger partial charge on any atom is 0.229 e. The summed E-state index contributed by atoms with van der Waals surface area (Å²) in [6, 6.07) is 10.5. The first-order valence-electron chi connectivity index (χ1n) is 12.3. The second-order valence-electron chi connectivity index (χ2n) is 9.72. The number of hydrogen-bond donors (Lipinski definition) is 1. The highest BCUT2D eigenvalue weighted by molar-refractivity contribution is 6.30. The van der Waals surface area contributed by atoms with Crippen LogP contribution in [0.4, 0.5) is 4.39 Å². The number of aryl methyl sites for hydroxylation is 1. The molecule has 4 rings (SSSR count). The Morgan fingerprint density at radius 1 is 1.22 bits per heavy atom. The molecule has 192 valence electrons. The molecule has 0 radical (unpaired) electrons. The number of hydrogen-bond acceptors (Lipinski definition) is 5. The number of imide groups is 1. The lowest BCUT2D eigenvalue weighted by Crippen LogP contribution is -2.33. The van der Waals surface area contributed by atoms with Gasteiger partial charge in [0.15, 0.2) is 0 Å². The predicted molar refractivity (Wildman–Crippen MR) is 136 cm³/mol. The van der Waals surface area contributed by atoms with Crippen LogP contribution in [0.5, 0.6) is 5.75 Å². The monoisotopic (exact) mass is 514 g/mol. The minimum absolute atomic E-state index is 0.0473. The predicted octanol–water partition coefficient (Wildman–Crippen LogP) is 5.73. The van der Waals surface area contributed by atoms with Gasteiger partial charge in [0.1, 0.15) is 18.2 Å². The minimum atomic E-state index is -0.483. The van der Waals surface area contributed by atoms with E-state index in [0.717, 1.165) is 36.1 Å². The fourth-order valence-corrected chi connectivity index (χ4v) is 4.78. The van der Waals surface area contributed by atoms with Crippen molar-refractivity contribution in [1.29, 1.82) is 0 Å². The lowest BCUT2D eigenvalue weighted by molar-refractivity contribution is -0.138. The molecule has 2 aromatic carbocycles. The summed E-state index contributed by atoms with van der Waals surface area (Å²) in [5.41, 5.74) is 2.75. The van der Waals surface area contributed by atoms with Gasteiger partial charge < -0.3 is 9.84 Å². The lowest BCUT2D eigenvalue weighted by atomic mass is 9.99. The first-order valence-corrected chi connectivity index (χ1v) is 12.7. The topological polar surface area (TPSA) is 70.1 Å². The molecule has 2 aromatic rings. The summed E-state index contributed by atoms with van der Waals surface area (Å²) in [5, 5.41) is 10.1. The largest absolute Gasteiger partial charge is 0.513 e. The third-order valence-electron chi connectivity index (χ3n) is 6.74. The zero-order valence-corrected chi connectivity index (χ0v) is 21.3. The summed E-state index contributed by atoms with van der Waals surface area (Å²) in [4.78, 5) is 27.1. The molecule has 1 aliphatic carbocycles. The van der Waals surface area contributed by atoms with Crippen LogP contribution in [-0.2, 0) is 16.1 Å². The highest BCUT2D eigenvalue weighted by atomic mass is 35.5. The highest BCUT2D eigenvalue weighted by Crippen LogP contribution is 2.37. The number of likely N-dealkylation sites (tertiary alicyclic amines) is 1. The number of carbonyl (C=O) groups is 2. The number of amides is 2. The molecule has 1 aliphatic heterocycles. The Labute approximate surface area is 216 Å². The number of ether oxygens (including phenoxy) is 1. The van der Waals surface area contributed by atoms with E-state index in [1.54, 1.807) is 12.1 Å². The van der Waals surface area contributed by atoms with E-state index in [9.17, 15) is 19.1 Å². The molecule has 2 aliphatic rings. The maximum atomic E-state index is 14.3. The molecule has 0 bridgehead atoms. The number of rotatable bonds is 12. The quantitative estimate of drug-likeness (QED) is 0.289. The molecule has 1 saturated carbocycles. The Kier molecular flexibility index (Phi) is 8.32. The number of nitrogens with zero attached hydrogens (tertiary/aromatic N) is 2. The van der Waals surface area contributed by atoms with Crippen LogP contribution in [0.1, 0.15) is 54.8 Å². The van der Waals surface area contributed by atoms with Gasteiger partial charge in [0, 0.05) is 38.4 Å². The molecule has 1 unspecified atom stereocenters. The molecular formula is C28H32ClFN2O4. The zero-order chi connectivity index (χ0) is 25.8. The summed E-state index contributed by atoms with van der Waals surface area (Å²) in [7, 11) is 0. The van der Waals surface area contributed by atoms with Gasteiger partial charge in [-0.3, -0.25) is 19.4 Å². The van der Waals surface area contributed by atoms with Crippen LogP contribution >= 0.6 is 11.6 Å². The number of aliphatic hydroxyl groups is 1. The van der Waals surface area contributed by atoms with Gasteiger partial charge in [-0.2, -0.15) is 0 Å². The van der Waals surface area contributed by atoms with Gasteiger partial charge in [0.25, 0.3) is 0 Å². The van der Waals surface area contributed by atoms with Gasteiger partial charge in [0.05, 0.1) is 17.3 Å². The Balaban J connectivity index is 1.47. The van der Waals surface area contributed by atoms with Crippen molar-refractivity contribution < 1.29 is 23.8 Å². The van der Waals surface area contributed by atoms with Gasteiger partial charge in [-0.05, 0) is 60.6 Å². The van der Waals surface area contributed by atoms with E-state index >= 15 is 0 Å². The summed E-state index contributed by atoms with van der Waals surface area (Å²) in [5.74, 6) is 0.553. The lowest BCUT2D eigenvalue weighted by Gasteiger charge is -2.32. The molecule has 1 saturated heterocycles. The van der Waals surface area contributed by atoms with Crippen molar-refractivity contribution in [3.63, 3.8) is 0 Å². The van der Waals surface area contributed by atoms with Crippen LogP contribution < -0.4 is 4.74 Å². The number of aliphatic hydroxyl groups excluding tert-OH is 1. The van der Waals surface area contributed by atoms with Gasteiger partial charge in [0.2, 0.25) is 11.8 Å². The van der Waals surface area contributed by atoms with Crippen LogP contribution in [-0.4, -0.2) is 46.4 Å². The van der Waals surface area contributed by atoms with Crippen LogP contribution in [0, 0.1) is 18.7 Å². The first kappa shape index (κ1) is 26.2. The van der Waals surface area contributed by atoms with Crippen molar-refractivity contribution in [3.05, 3.63) is 76.3 Å². The van der Waals surface area contributed by atoms with E-state index < -0.39 is 5.82 Å². The Morgan fingerprint density at radius 3 is 2.56 bits per heavy atom. The molecule has 8 heteroatoms. The van der Waals surface area contributed by atoms with Gasteiger partial charge in [-0.25, -0.2) is 4.39 Å². The van der Waals surface area contributed by atoms with Crippen LogP contribution in [0.25, 0.3) is 0 Å². The molecule has 6 nitrogen and oxygen atoms in total. The average molecular weight is 515 g/mol. The molecule has 0 aromatic heterocycles. The number of carbonyl (C=O) groups excluding carboxylic acids is 2. The van der Waals surface area contributed by atoms with E-state index in [1.165, 1.54) is 11.0 Å². The van der Waals surface area contributed by atoms with E-state index in [2.05, 4.69) is 17.5 Å². The third kappa shape index (κ3) is 6.65. The normalized spacial score (nSPS) is 16.6. The fraction of sp³-hybridized carbons (Fsp3) is 0.429. The summed E-state index contributed by atoms with van der Waals surface area (Å²) >= 11 is 5.91. The number of benzene rings is 2. The van der Waals surface area contributed by atoms with Crippen LogP contribution in [0.2, 0.25) is 5.02 Å². The fourth-order valence-electron chi connectivity index (χ4n) is 4.66. The van der Waals surface area contributed by atoms with Gasteiger partial charge in [-0.15, -0.1) is 0 Å². The van der Waals surface area contributed by atoms with Crippen molar-refractivity contribution in [2.75, 3.05) is 19.7 Å². The Hall–Kier alpha value is -2.90. The van der Waals surface area contributed by atoms with Gasteiger partial charge >= 0.3 is 0 Å². The zero-order valence-electron chi connectivity index (χ0n) is 20.5. The van der Waals surface area contributed by atoms with Crippen molar-refractivity contribution >= 4 is 23.4 Å². The smallest absolute Gasteiger partial charge is 0.229 e. The van der Waals surface area contributed by atoms with Crippen molar-refractivity contribution in [3.8, 4) is 5.75 Å². The molecule has 2 amide bonds. The highest BCUT2D eigenvalue weighted by Gasteiger charge is 2.30. The Bertz CT molecular complexity index is 1130. The summed E-state index contributed by atoms with van der Waals surface area (Å²) < 4.78 is 20.2. The standard InChI is InChI=1S/C28H32ClFN2O4/c1-18-13-21(5-8-26(18)36-12-11-32-27(34)9-10-28(32)35)17-31(16-20-3-4-20)25(14-19(2)33)22-6-7-23(29)24(30)15-22/h5-8,13,15,20,25,33H,2-4,9-12,14,16-17H2,1H3. The molecule has 0 spiro atoms. The molecule has 2 fully saturated rings. The van der Waals surface area contributed by atoms with Crippen molar-refractivity contribution in [2.45, 2.75) is 51.6 Å². The SMILES string of the molecule is C=C(O)CC(c1ccc(Cl)c(F)c1)N(Cc1ccc(OCCN2C(=O)CCC2=O)c(C)c1)CC1CC1. The summed E-state index contributed by atoms with van der Waals surface area (Å²) in [6.07, 6.45) is 3.16. The maximum absolute atomic E-state index is 14.3. The van der Waals surface area contributed by atoms with Crippen molar-refractivity contribution in [2.24, 2.45) is 5.92 Å². The molecule has 36 heavy (non-hydrogen) atoms. The molecule has 1 heterocycles. The van der Waals surface area contributed by atoms with Crippen LogP contribution in [0.3, 0.4) is 0 Å². The van der Waals surface area contributed by atoms with Crippen LogP contribution in [0.15, 0.2) is 48.7 Å². The van der Waals surface area contributed by atoms with E-state index in [0.29, 0.717) is 24.6 Å². The van der Waals surface area contributed by atoms with E-state index in [4.69, 9.17) is 16.3 Å². The molecular weight excluding hydrogens is 483 g/mol. The minimum Gasteiger partial charge on any atom is -0.513 e. The first-order chi connectivity index (χ1) is 17.2. The summed E-state index contributed by atoms with van der Waals surface area (Å²) in [6.45, 7) is 7.57. The third-order valence-corrected chi connectivity index (χ3v) is 7.05. The van der Waals surface area contributed by atoms with E-state index in [1.807, 2.05) is 19.1 Å². The molecule has 1 N–H and O–H groups in total. The average Bonchev–Trinajstić information content (AvgIpc) is 3.59. The van der Waals surface area contributed by atoms with Crippen molar-refractivity contribution in [1.82, 2.24) is 9.80 Å². The second kappa shape index (κ2) is 11.4.